The number of carbonyl (C=O) groups excluding carboxylic acids is 2. The van der Waals surface area contributed by atoms with Gasteiger partial charge in [-0.25, -0.2) is 9.18 Å². The molecule has 0 saturated carbocycles. The van der Waals surface area contributed by atoms with Gasteiger partial charge in [-0.15, -0.1) is 0 Å². The number of hydrogen-bond acceptors (Lipinski definition) is 5. The Morgan fingerprint density at radius 3 is 2.24 bits per heavy atom. The fourth-order valence-corrected chi connectivity index (χ4v) is 3.22. The minimum absolute atomic E-state index is 0.211. The number of nitrogens with one attached hydrogen (secondary N) is 3. The summed E-state index contributed by atoms with van der Waals surface area (Å²) in [5, 5.41) is 12.7. The SMILES string of the molecule is CC(C)[C@H](NC(=O)OC(C)(C)C)C(=O)Nc1n[nH]c(-c2ccc(F)cc2)c1-c1ccncc1. The highest BCUT2D eigenvalue weighted by molar-refractivity contribution is 6.01. The van der Waals surface area contributed by atoms with Crippen molar-refractivity contribution in [2.45, 2.75) is 46.3 Å². The molecule has 3 rings (SSSR count). The van der Waals surface area contributed by atoms with E-state index in [1.165, 1.54) is 12.1 Å². The van der Waals surface area contributed by atoms with Crippen LogP contribution in [0.15, 0.2) is 48.8 Å². The van der Waals surface area contributed by atoms with Gasteiger partial charge in [0.25, 0.3) is 0 Å². The van der Waals surface area contributed by atoms with Crippen LogP contribution >= 0.6 is 0 Å². The number of pyridine rings is 1. The van der Waals surface area contributed by atoms with Gasteiger partial charge in [0.05, 0.1) is 11.3 Å². The number of carbonyl (C=O) groups is 2. The van der Waals surface area contributed by atoms with Gasteiger partial charge in [-0.2, -0.15) is 5.10 Å². The highest BCUT2D eigenvalue weighted by Crippen LogP contribution is 2.36. The molecule has 33 heavy (non-hydrogen) atoms. The smallest absolute Gasteiger partial charge is 0.408 e. The van der Waals surface area contributed by atoms with Gasteiger partial charge < -0.3 is 15.4 Å². The molecular formula is C24H28FN5O3. The van der Waals surface area contributed by atoms with Crippen LogP contribution in [0.1, 0.15) is 34.6 Å². The van der Waals surface area contributed by atoms with Crippen molar-refractivity contribution in [3.8, 4) is 22.4 Å². The Balaban J connectivity index is 1.93. The summed E-state index contributed by atoms with van der Waals surface area (Å²) in [6, 6.07) is 8.67. The molecule has 3 aromatic rings. The van der Waals surface area contributed by atoms with E-state index in [0.717, 1.165) is 5.56 Å². The zero-order chi connectivity index (χ0) is 24.2. The summed E-state index contributed by atoms with van der Waals surface area (Å²) in [5.41, 5.74) is 2.00. The molecule has 2 amide bonds. The first-order valence-electron chi connectivity index (χ1n) is 10.6. The molecule has 0 saturated heterocycles. The van der Waals surface area contributed by atoms with Crippen molar-refractivity contribution in [2.75, 3.05) is 5.32 Å². The second kappa shape index (κ2) is 9.81. The average molecular weight is 454 g/mol. The topological polar surface area (TPSA) is 109 Å². The van der Waals surface area contributed by atoms with Crippen molar-refractivity contribution in [2.24, 2.45) is 5.92 Å². The fraction of sp³-hybridized carbons (Fsp3) is 0.333. The van der Waals surface area contributed by atoms with Crippen molar-refractivity contribution < 1.29 is 18.7 Å². The highest BCUT2D eigenvalue weighted by atomic mass is 19.1. The van der Waals surface area contributed by atoms with Crippen molar-refractivity contribution in [3.05, 3.63) is 54.6 Å². The Bertz CT molecular complexity index is 1110. The molecule has 8 nitrogen and oxygen atoms in total. The van der Waals surface area contributed by atoms with Gasteiger partial charge in [0, 0.05) is 18.0 Å². The Labute approximate surface area is 192 Å². The molecule has 0 aliphatic rings. The van der Waals surface area contributed by atoms with E-state index in [1.54, 1.807) is 57.4 Å². The van der Waals surface area contributed by atoms with Crippen LogP contribution in [0.5, 0.6) is 0 Å². The van der Waals surface area contributed by atoms with E-state index in [-0.39, 0.29) is 17.6 Å². The van der Waals surface area contributed by atoms with Crippen LogP contribution in [-0.2, 0) is 9.53 Å². The van der Waals surface area contributed by atoms with Crippen LogP contribution in [0.25, 0.3) is 22.4 Å². The number of anilines is 1. The van der Waals surface area contributed by atoms with Gasteiger partial charge in [-0.3, -0.25) is 14.9 Å². The fourth-order valence-electron chi connectivity index (χ4n) is 3.22. The zero-order valence-electron chi connectivity index (χ0n) is 19.3. The summed E-state index contributed by atoms with van der Waals surface area (Å²) >= 11 is 0. The summed E-state index contributed by atoms with van der Waals surface area (Å²) in [5.74, 6) is -0.729. The standard InChI is InChI=1S/C24H28FN5O3/c1-14(2)19(27-23(32)33-24(3,4)5)22(31)28-21-18(15-10-12-26-13-11-15)20(29-30-21)16-6-8-17(25)9-7-16/h6-14,19H,1-5H3,(H,27,32)(H2,28,29,30,31)/t19-/m0/s1. The summed E-state index contributed by atoms with van der Waals surface area (Å²) in [4.78, 5) is 29.4. The van der Waals surface area contributed by atoms with Gasteiger partial charge in [-0.1, -0.05) is 13.8 Å². The van der Waals surface area contributed by atoms with Gasteiger partial charge >= 0.3 is 6.09 Å². The average Bonchev–Trinajstić information content (AvgIpc) is 3.15. The molecule has 2 aromatic heterocycles. The third kappa shape index (κ3) is 6.15. The Morgan fingerprint density at radius 1 is 1.03 bits per heavy atom. The van der Waals surface area contributed by atoms with Gasteiger partial charge in [0.2, 0.25) is 5.91 Å². The van der Waals surface area contributed by atoms with Crippen LogP contribution in [0.3, 0.4) is 0 Å². The van der Waals surface area contributed by atoms with E-state index in [2.05, 4.69) is 25.8 Å². The van der Waals surface area contributed by atoms with Gasteiger partial charge in [-0.05, 0) is 68.7 Å². The van der Waals surface area contributed by atoms with Crippen molar-refractivity contribution in [3.63, 3.8) is 0 Å². The van der Waals surface area contributed by atoms with Gasteiger partial charge in [0.15, 0.2) is 5.82 Å². The second-order valence-corrected chi connectivity index (χ2v) is 8.92. The van der Waals surface area contributed by atoms with E-state index < -0.39 is 23.6 Å². The van der Waals surface area contributed by atoms with Crippen LogP contribution in [0, 0.1) is 11.7 Å². The molecule has 0 fully saturated rings. The lowest BCUT2D eigenvalue weighted by Crippen LogP contribution is -2.48. The monoisotopic (exact) mass is 453 g/mol. The third-order valence-corrected chi connectivity index (χ3v) is 4.73. The number of hydrogen-bond donors (Lipinski definition) is 3. The third-order valence-electron chi connectivity index (χ3n) is 4.73. The number of nitrogens with zero attached hydrogens (tertiary/aromatic N) is 2. The van der Waals surface area contributed by atoms with Gasteiger partial charge in [0.1, 0.15) is 17.5 Å². The number of amides is 2. The predicted molar refractivity (Wildman–Crippen MR) is 124 cm³/mol. The first-order valence-corrected chi connectivity index (χ1v) is 10.6. The van der Waals surface area contributed by atoms with E-state index >= 15 is 0 Å². The molecule has 0 unspecified atom stereocenters. The Hall–Kier alpha value is -3.75. The Kier molecular flexibility index (Phi) is 7.10. The molecule has 1 aromatic carbocycles. The molecular weight excluding hydrogens is 425 g/mol. The molecule has 2 heterocycles. The lowest BCUT2D eigenvalue weighted by Gasteiger charge is -2.25. The summed E-state index contributed by atoms with van der Waals surface area (Å²) < 4.78 is 18.7. The van der Waals surface area contributed by atoms with Crippen LogP contribution in [0.4, 0.5) is 15.0 Å². The maximum Gasteiger partial charge on any atom is 0.408 e. The normalized spacial score (nSPS) is 12.3. The lowest BCUT2D eigenvalue weighted by atomic mass is 10.0. The molecule has 0 aliphatic carbocycles. The minimum atomic E-state index is -0.851. The van der Waals surface area contributed by atoms with E-state index in [1.807, 2.05) is 13.8 Å². The van der Waals surface area contributed by atoms with Crippen molar-refractivity contribution >= 4 is 17.8 Å². The molecule has 0 radical (unpaired) electrons. The number of aromatic amines is 1. The molecule has 174 valence electrons. The number of rotatable bonds is 6. The molecule has 9 heteroatoms. The minimum Gasteiger partial charge on any atom is -0.444 e. The van der Waals surface area contributed by atoms with E-state index in [0.29, 0.717) is 16.8 Å². The molecule has 3 N–H and O–H groups in total. The molecule has 0 spiro atoms. The van der Waals surface area contributed by atoms with Crippen LogP contribution in [0.2, 0.25) is 0 Å². The zero-order valence-corrected chi connectivity index (χ0v) is 19.3. The number of benzene rings is 1. The first-order chi connectivity index (χ1) is 15.5. The number of halogens is 1. The van der Waals surface area contributed by atoms with E-state index in [9.17, 15) is 14.0 Å². The van der Waals surface area contributed by atoms with Crippen molar-refractivity contribution in [1.29, 1.82) is 0 Å². The summed E-state index contributed by atoms with van der Waals surface area (Å²) in [7, 11) is 0. The predicted octanol–water partition coefficient (Wildman–Crippen LogP) is 4.77. The second-order valence-electron chi connectivity index (χ2n) is 8.92. The van der Waals surface area contributed by atoms with Crippen LogP contribution in [-0.4, -0.2) is 38.8 Å². The number of aromatic nitrogens is 3. The van der Waals surface area contributed by atoms with E-state index in [4.69, 9.17) is 4.74 Å². The molecule has 1 atom stereocenters. The van der Waals surface area contributed by atoms with Crippen molar-refractivity contribution in [1.82, 2.24) is 20.5 Å². The van der Waals surface area contributed by atoms with Crippen LogP contribution < -0.4 is 10.6 Å². The number of alkyl carbamates (subject to hydrolysis) is 1. The first kappa shape index (κ1) is 23.9. The number of ether oxygens (including phenoxy) is 1. The lowest BCUT2D eigenvalue weighted by molar-refractivity contribution is -0.119. The quantitative estimate of drug-likeness (QED) is 0.498. The summed E-state index contributed by atoms with van der Waals surface area (Å²) in [6.07, 6.45) is 2.58. The maximum atomic E-state index is 13.4. The molecule has 0 aliphatic heterocycles. The maximum absolute atomic E-state index is 13.4. The summed E-state index contributed by atoms with van der Waals surface area (Å²) in [6.45, 7) is 8.88. The highest BCUT2D eigenvalue weighted by Gasteiger charge is 2.29. The number of H-pyrrole nitrogens is 1. The Morgan fingerprint density at radius 2 is 1.67 bits per heavy atom. The molecule has 0 bridgehead atoms. The largest absolute Gasteiger partial charge is 0.444 e.